The summed E-state index contributed by atoms with van der Waals surface area (Å²) >= 11 is 0. The topological polar surface area (TPSA) is 19.4 Å². The molecular weight excluding hydrogens is 234 g/mol. The van der Waals surface area contributed by atoms with Crippen LogP contribution in [0.25, 0.3) is 10.9 Å². The Morgan fingerprint density at radius 1 is 0.895 bits per heavy atom. The minimum atomic E-state index is 0.687. The van der Waals surface area contributed by atoms with E-state index in [4.69, 9.17) is 4.98 Å². The summed E-state index contributed by atoms with van der Waals surface area (Å²) in [5, 5.41) is 1.23. The van der Waals surface area contributed by atoms with Crippen molar-refractivity contribution in [2.75, 3.05) is 31.1 Å². The van der Waals surface area contributed by atoms with Gasteiger partial charge < -0.3 is 9.80 Å². The lowest BCUT2D eigenvalue weighted by molar-refractivity contribution is 0.250. The summed E-state index contributed by atoms with van der Waals surface area (Å²) in [5.74, 6) is 1.16. The van der Waals surface area contributed by atoms with Crippen LogP contribution in [0.2, 0.25) is 0 Å². The van der Waals surface area contributed by atoms with E-state index in [1.165, 1.54) is 37.9 Å². The van der Waals surface area contributed by atoms with Gasteiger partial charge in [0.1, 0.15) is 5.82 Å². The molecule has 3 aliphatic heterocycles. The van der Waals surface area contributed by atoms with Crippen LogP contribution in [0.3, 0.4) is 0 Å². The van der Waals surface area contributed by atoms with Gasteiger partial charge in [-0.1, -0.05) is 18.2 Å². The lowest BCUT2D eigenvalue weighted by Crippen LogP contribution is -2.38. The molecule has 0 unspecified atom stereocenters. The first-order chi connectivity index (χ1) is 9.40. The van der Waals surface area contributed by atoms with Crippen molar-refractivity contribution < 1.29 is 0 Å². The van der Waals surface area contributed by atoms with E-state index >= 15 is 0 Å². The second-order valence-corrected chi connectivity index (χ2v) is 5.63. The molecule has 3 fully saturated rings. The number of aromatic nitrogens is 1. The molecule has 0 atom stereocenters. The van der Waals surface area contributed by atoms with E-state index in [1.54, 1.807) is 0 Å². The number of piperidine rings is 1. The first-order valence-corrected chi connectivity index (χ1v) is 7.25. The largest absolute Gasteiger partial charge is 0.352 e. The Balaban J connectivity index is 1.72. The Morgan fingerprint density at radius 3 is 2.63 bits per heavy atom. The van der Waals surface area contributed by atoms with Gasteiger partial charge in [-0.05, 0) is 31.0 Å². The Bertz CT molecular complexity index is 587. The van der Waals surface area contributed by atoms with Crippen LogP contribution in [0.1, 0.15) is 12.8 Å². The average molecular weight is 253 g/mol. The van der Waals surface area contributed by atoms with Crippen molar-refractivity contribution in [3.05, 3.63) is 36.4 Å². The zero-order valence-electron chi connectivity index (χ0n) is 11.1. The minimum absolute atomic E-state index is 0.687. The van der Waals surface area contributed by atoms with E-state index in [0.717, 1.165) is 17.9 Å². The summed E-state index contributed by atoms with van der Waals surface area (Å²) in [6, 6.07) is 13.5. The predicted octanol–water partition coefficient (Wildman–Crippen LogP) is 2.52. The number of para-hydroxylation sites is 1. The zero-order valence-corrected chi connectivity index (χ0v) is 11.1. The normalized spacial score (nSPS) is 26.6. The first-order valence-electron chi connectivity index (χ1n) is 7.25. The smallest absolute Gasteiger partial charge is 0.129 e. The third-order valence-corrected chi connectivity index (χ3v) is 4.53. The molecule has 19 heavy (non-hydrogen) atoms. The Labute approximate surface area is 113 Å². The lowest BCUT2D eigenvalue weighted by atomic mass is 10.1. The fraction of sp³-hybridized carbons (Fsp3) is 0.438. The monoisotopic (exact) mass is 253 g/mol. The first kappa shape index (κ1) is 11.2. The lowest BCUT2D eigenvalue weighted by Gasteiger charge is -2.32. The average Bonchev–Trinajstić information content (AvgIpc) is 2.80. The molecule has 3 saturated heterocycles. The Morgan fingerprint density at radius 2 is 1.74 bits per heavy atom. The fourth-order valence-electron chi connectivity index (χ4n) is 3.40. The maximum absolute atomic E-state index is 4.86. The van der Waals surface area contributed by atoms with E-state index < -0.39 is 0 Å². The van der Waals surface area contributed by atoms with Crippen molar-refractivity contribution in [2.45, 2.75) is 18.9 Å². The summed E-state index contributed by atoms with van der Waals surface area (Å²) in [6.07, 6.45) is 2.57. The standard InChI is InChI=1S/C16H19N3/c1-2-4-15-13(3-1)5-6-16(17-15)19-12-11-18-9-7-14(19)8-10-18/h1-6,14H,7-12H2. The third kappa shape index (κ3) is 1.98. The summed E-state index contributed by atoms with van der Waals surface area (Å²) in [6.45, 7) is 4.82. The van der Waals surface area contributed by atoms with E-state index in [0.29, 0.717) is 6.04 Å². The highest BCUT2D eigenvalue weighted by Gasteiger charge is 2.29. The molecule has 0 saturated carbocycles. The summed E-state index contributed by atoms with van der Waals surface area (Å²) in [5.41, 5.74) is 1.11. The maximum Gasteiger partial charge on any atom is 0.129 e. The van der Waals surface area contributed by atoms with Gasteiger partial charge in [-0.15, -0.1) is 0 Å². The van der Waals surface area contributed by atoms with Crippen LogP contribution in [-0.2, 0) is 0 Å². The van der Waals surface area contributed by atoms with Gasteiger partial charge in [-0.2, -0.15) is 0 Å². The van der Waals surface area contributed by atoms with Gasteiger partial charge in [0, 0.05) is 37.6 Å². The van der Waals surface area contributed by atoms with Gasteiger partial charge in [0.2, 0.25) is 0 Å². The number of pyridine rings is 1. The van der Waals surface area contributed by atoms with Crippen LogP contribution in [-0.4, -0.2) is 42.1 Å². The molecule has 98 valence electrons. The van der Waals surface area contributed by atoms with Crippen molar-refractivity contribution >= 4 is 16.7 Å². The van der Waals surface area contributed by atoms with Crippen LogP contribution in [0.15, 0.2) is 36.4 Å². The van der Waals surface area contributed by atoms with Crippen LogP contribution >= 0.6 is 0 Å². The highest BCUT2D eigenvalue weighted by atomic mass is 15.3. The van der Waals surface area contributed by atoms with Gasteiger partial charge >= 0.3 is 0 Å². The summed E-state index contributed by atoms with van der Waals surface area (Å²) in [7, 11) is 0. The quantitative estimate of drug-likeness (QED) is 0.778. The summed E-state index contributed by atoms with van der Waals surface area (Å²) in [4.78, 5) is 9.97. The molecular formula is C16H19N3. The van der Waals surface area contributed by atoms with E-state index in [1.807, 2.05) is 0 Å². The molecule has 5 rings (SSSR count). The second kappa shape index (κ2) is 4.49. The fourth-order valence-corrected chi connectivity index (χ4v) is 3.40. The minimum Gasteiger partial charge on any atom is -0.352 e. The number of hydrogen-bond donors (Lipinski definition) is 0. The van der Waals surface area contributed by atoms with E-state index in [-0.39, 0.29) is 0 Å². The van der Waals surface area contributed by atoms with Crippen molar-refractivity contribution in [1.29, 1.82) is 0 Å². The van der Waals surface area contributed by atoms with E-state index in [2.05, 4.69) is 46.2 Å². The third-order valence-electron chi connectivity index (χ3n) is 4.53. The van der Waals surface area contributed by atoms with E-state index in [9.17, 15) is 0 Å². The highest BCUT2D eigenvalue weighted by Crippen LogP contribution is 2.26. The zero-order chi connectivity index (χ0) is 12.7. The van der Waals surface area contributed by atoms with Crippen LogP contribution in [0.5, 0.6) is 0 Å². The molecule has 0 radical (unpaired) electrons. The van der Waals surface area contributed by atoms with Gasteiger partial charge in [0.15, 0.2) is 0 Å². The molecule has 1 aromatic heterocycles. The number of nitrogens with zero attached hydrogens (tertiary/aromatic N) is 3. The van der Waals surface area contributed by atoms with Crippen molar-refractivity contribution in [3.8, 4) is 0 Å². The van der Waals surface area contributed by atoms with Gasteiger partial charge in [-0.3, -0.25) is 0 Å². The highest BCUT2D eigenvalue weighted by molar-refractivity contribution is 5.80. The van der Waals surface area contributed by atoms with Crippen LogP contribution < -0.4 is 4.90 Å². The molecule has 0 N–H and O–H groups in total. The molecule has 0 aliphatic carbocycles. The number of rotatable bonds is 1. The molecule has 4 heterocycles. The van der Waals surface area contributed by atoms with Crippen LogP contribution in [0, 0.1) is 0 Å². The molecule has 2 bridgehead atoms. The molecule has 3 aliphatic rings. The molecule has 2 aromatic rings. The molecule has 3 heteroatoms. The Kier molecular flexibility index (Phi) is 2.66. The van der Waals surface area contributed by atoms with Gasteiger partial charge in [0.25, 0.3) is 0 Å². The van der Waals surface area contributed by atoms with Gasteiger partial charge in [0.05, 0.1) is 5.52 Å². The van der Waals surface area contributed by atoms with Crippen LogP contribution in [0.4, 0.5) is 5.82 Å². The number of fused-ring (bicyclic) bond motifs is 5. The summed E-state index contributed by atoms with van der Waals surface area (Å²) < 4.78 is 0. The predicted molar refractivity (Wildman–Crippen MR) is 78.6 cm³/mol. The van der Waals surface area contributed by atoms with Gasteiger partial charge in [-0.25, -0.2) is 4.98 Å². The molecule has 3 nitrogen and oxygen atoms in total. The van der Waals surface area contributed by atoms with Crippen molar-refractivity contribution in [1.82, 2.24) is 9.88 Å². The maximum atomic E-state index is 4.86. The number of benzene rings is 1. The number of hydrogen-bond acceptors (Lipinski definition) is 3. The number of anilines is 1. The molecule has 1 aromatic carbocycles. The second-order valence-electron chi connectivity index (χ2n) is 5.63. The van der Waals surface area contributed by atoms with Crippen molar-refractivity contribution in [3.63, 3.8) is 0 Å². The van der Waals surface area contributed by atoms with Crippen molar-refractivity contribution in [2.24, 2.45) is 0 Å². The molecule has 0 amide bonds. The molecule has 0 spiro atoms. The SMILES string of the molecule is c1ccc2nc(N3CCN4CCC3CC4)ccc2c1. The Hall–Kier alpha value is -1.61.